The second-order valence-corrected chi connectivity index (χ2v) is 6.74. The third-order valence-electron chi connectivity index (χ3n) is 4.34. The van der Waals surface area contributed by atoms with Gasteiger partial charge in [-0.1, -0.05) is 36.4 Å². The molecule has 0 aliphatic heterocycles. The Hall–Kier alpha value is -3.94. The molecule has 0 aliphatic rings. The lowest BCUT2D eigenvalue weighted by Crippen LogP contribution is -2.18. The van der Waals surface area contributed by atoms with Gasteiger partial charge in [0.1, 0.15) is 5.82 Å². The van der Waals surface area contributed by atoms with Crippen LogP contribution in [-0.2, 0) is 4.79 Å². The van der Waals surface area contributed by atoms with Gasteiger partial charge in [0.05, 0.1) is 5.56 Å². The fourth-order valence-electron chi connectivity index (χ4n) is 2.92. The zero-order chi connectivity index (χ0) is 21.7. The van der Waals surface area contributed by atoms with E-state index in [0.29, 0.717) is 11.4 Å². The van der Waals surface area contributed by atoms with Crippen LogP contribution in [0.15, 0.2) is 60.7 Å². The maximum Gasteiger partial charge on any atom is 0.252 e. The van der Waals surface area contributed by atoms with Gasteiger partial charge >= 0.3 is 0 Å². The van der Waals surface area contributed by atoms with Gasteiger partial charge in [-0.15, -0.1) is 0 Å². The summed E-state index contributed by atoms with van der Waals surface area (Å²) >= 11 is 0. The van der Waals surface area contributed by atoms with Crippen LogP contribution >= 0.6 is 0 Å². The minimum absolute atomic E-state index is 0.0483. The molecule has 1 aromatic heterocycles. The first-order valence-corrected chi connectivity index (χ1v) is 9.30. The Morgan fingerprint density at radius 2 is 1.70 bits per heavy atom. The number of benzene rings is 2. The topological polar surface area (TPSA) is 109 Å². The van der Waals surface area contributed by atoms with Gasteiger partial charge in [0, 0.05) is 24.3 Å². The number of halogens is 1. The summed E-state index contributed by atoms with van der Waals surface area (Å²) in [6.07, 6.45) is 0. The molecule has 5 N–H and O–H groups in total. The second kappa shape index (κ2) is 9.04. The van der Waals surface area contributed by atoms with E-state index in [0.717, 1.165) is 11.6 Å². The van der Waals surface area contributed by atoms with Gasteiger partial charge in [-0.2, -0.15) is 0 Å². The van der Waals surface area contributed by atoms with Gasteiger partial charge in [0.15, 0.2) is 11.6 Å². The number of amides is 2. The van der Waals surface area contributed by atoms with Gasteiger partial charge in [0.25, 0.3) is 5.91 Å². The number of hydrogen-bond acceptors (Lipinski definition) is 5. The Morgan fingerprint density at radius 3 is 2.37 bits per heavy atom. The Bertz CT molecular complexity index is 1070. The maximum atomic E-state index is 14.6. The molecule has 8 heteroatoms. The lowest BCUT2D eigenvalue weighted by Gasteiger charge is -2.18. The van der Waals surface area contributed by atoms with Crippen molar-refractivity contribution in [3.63, 3.8) is 0 Å². The standard InChI is InChI=1S/C22H22FN5O2/c1-13(15-7-4-3-5-8-15)25-21-18(20(24)30)12-19(23)22(28-21)27-17-10-6-9-16(11-17)26-14(2)29/h3-13H,1-2H3,(H2,24,30)(H,26,29)(H2,25,27,28). The third-order valence-corrected chi connectivity index (χ3v) is 4.34. The summed E-state index contributed by atoms with van der Waals surface area (Å²) in [7, 11) is 0. The molecule has 30 heavy (non-hydrogen) atoms. The number of hydrogen-bond donors (Lipinski definition) is 4. The molecule has 3 aromatic rings. The van der Waals surface area contributed by atoms with Crippen molar-refractivity contribution in [2.24, 2.45) is 5.73 Å². The number of nitrogens with two attached hydrogens (primary N) is 1. The van der Waals surface area contributed by atoms with Gasteiger partial charge in [0.2, 0.25) is 5.91 Å². The predicted molar refractivity (Wildman–Crippen MR) is 115 cm³/mol. The highest BCUT2D eigenvalue weighted by atomic mass is 19.1. The number of carbonyl (C=O) groups excluding carboxylic acids is 2. The summed E-state index contributed by atoms with van der Waals surface area (Å²) in [5.74, 6) is -1.65. The number of nitrogens with one attached hydrogen (secondary N) is 3. The van der Waals surface area contributed by atoms with Crippen molar-refractivity contribution in [1.29, 1.82) is 0 Å². The van der Waals surface area contributed by atoms with Crippen LogP contribution in [0.25, 0.3) is 0 Å². The molecule has 1 heterocycles. The van der Waals surface area contributed by atoms with Crippen LogP contribution < -0.4 is 21.7 Å². The van der Waals surface area contributed by atoms with E-state index < -0.39 is 11.7 Å². The van der Waals surface area contributed by atoms with Crippen molar-refractivity contribution in [2.75, 3.05) is 16.0 Å². The smallest absolute Gasteiger partial charge is 0.252 e. The normalized spacial score (nSPS) is 11.4. The molecule has 0 radical (unpaired) electrons. The molecule has 1 unspecified atom stereocenters. The highest BCUT2D eigenvalue weighted by molar-refractivity contribution is 5.98. The van der Waals surface area contributed by atoms with Crippen molar-refractivity contribution < 1.29 is 14.0 Å². The van der Waals surface area contributed by atoms with E-state index in [9.17, 15) is 14.0 Å². The minimum atomic E-state index is -0.789. The van der Waals surface area contributed by atoms with Crippen LogP contribution in [0.5, 0.6) is 0 Å². The van der Waals surface area contributed by atoms with Crippen LogP contribution in [0.2, 0.25) is 0 Å². The molecule has 0 saturated carbocycles. The van der Waals surface area contributed by atoms with E-state index in [1.54, 1.807) is 24.3 Å². The van der Waals surface area contributed by atoms with Crippen LogP contribution in [0, 0.1) is 5.82 Å². The number of rotatable bonds is 7. The number of pyridine rings is 1. The molecular weight excluding hydrogens is 385 g/mol. The molecule has 0 saturated heterocycles. The highest BCUT2D eigenvalue weighted by Crippen LogP contribution is 2.27. The summed E-state index contributed by atoms with van der Waals surface area (Å²) in [5, 5.41) is 8.66. The van der Waals surface area contributed by atoms with E-state index in [4.69, 9.17) is 5.73 Å². The van der Waals surface area contributed by atoms with E-state index in [2.05, 4.69) is 20.9 Å². The summed E-state index contributed by atoms with van der Waals surface area (Å²) in [5.41, 5.74) is 7.41. The van der Waals surface area contributed by atoms with E-state index in [-0.39, 0.29) is 29.1 Å². The molecule has 2 amide bonds. The van der Waals surface area contributed by atoms with Crippen molar-refractivity contribution in [3.05, 3.63) is 77.6 Å². The zero-order valence-corrected chi connectivity index (χ0v) is 16.6. The number of anilines is 4. The lowest BCUT2D eigenvalue weighted by molar-refractivity contribution is -0.114. The van der Waals surface area contributed by atoms with Gasteiger partial charge in [-0.05, 0) is 36.8 Å². The first kappa shape index (κ1) is 20.8. The number of nitrogens with zero attached hydrogens (tertiary/aromatic N) is 1. The average molecular weight is 407 g/mol. The third kappa shape index (κ3) is 5.11. The fraction of sp³-hybridized carbons (Fsp3) is 0.136. The van der Waals surface area contributed by atoms with E-state index >= 15 is 0 Å². The molecule has 3 rings (SSSR count). The Balaban J connectivity index is 1.91. The molecular formula is C22H22FN5O2. The molecule has 2 aromatic carbocycles. The van der Waals surface area contributed by atoms with Gasteiger partial charge in [-0.3, -0.25) is 9.59 Å². The van der Waals surface area contributed by atoms with Crippen LogP contribution in [-0.4, -0.2) is 16.8 Å². The molecule has 154 valence electrons. The Morgan fingerprint density at radius 1 is 1.00 bits per heavy atom. The molecule has 0 aliphatic carbocycles. The maximum absolute atomic E-state index is 14.6. The minimum Gasteiger partial charge on any atom is -0.365 e. The summed E-state index contributed by atoms with van der Waals surface area (Å²) < 4.78 is 14.6. The molecule has 0 fully saturated rings. The van der Waals surface area contributed by atoms with Crippen LogP contribution in [0.1, 0.15) is 35.8 Å². The van der Waals surface area contributed by atoms with Crippen molar-refractivity contribution >= 4 is 34.8 Å². The summed E-state index contributed by atoms with van der Waals surface area (Å²) in [4.78, 5) is 27.3. The average Bonchev–Trinajstić information content (AvgIpc) is 2.70. The lowest BCUT2D eigenvalue weighted by atomic mass is 10.1. The molecule has 1 atom stereocenters. The quantitative estimate of drug-likeness (QED) is 0.469. The largest absolute Gasteiger partial charge is 0.365 e. The van der Waals surface area contributed by atoms with Crippen LogP contribution in [0.3, 0.4) is 0 Å². The van der Waals surface area contributed by atoms with Crippen molar-refractivity contribution in [3.8, 4) is 0 Å². The molecule has 0 spiro atoms. The molecule has 0 bridgehead atoms. The highest BCUT2D eigenvalue weighted by Gasteiger charge is 2.18. The first-order chi connectivity index (χ1) is 14.3. The fourth-order valence-corrected chi connectivity index (χ4v) is 2.92. The van der Waals surface area contributed by atoms with E-state index in [1.165, 1.54) is 6.92 Å². The summed E-state index contributed by atoms with van der Waals surface area (Å²) in [6, 6.07) is 17.2. The second-order valence-electron chi connectivity index (χ2n) is 6.74. The molecule has 7 nitrogen and oxygen atoms in total. The number of carbonyl (C=O) groups is 2. The Labute approximate surface area is 173 Å². The van der Waals surface area contributed by atoms with Gasteiger partial charge in [-0.25, -0.2) is 9.37 Å². The Kier molecular flexibility index (Phi) is 6.26. The SMILES string of the molecule is CC(=O)Nc1cccc(Nc2nc(NC(C)c3ccccc3)c(C(N)=O)cc2F)c1. The van der Waals surface area contributed by atoms with Crippen LogP contribution in [0.4, 0.5) is 27.4 Å². The van der Waals surface area contributed by atoms with Gasteiger partial charge < -0.3 is 21.7 Å². The van der Waals surface area contributed by atoms with Crippen molar-refractivity contribution in [1.82, 2.24) is 4.98 Å². The number of aromatic nitrogens is 1. The summed E-state index contributed by atoms with van der Waals surface area (Å²) in [6.45, 7) is 3.30. The number of primary amides is 1. The predicted octanol–water partition coefficient (Wildman–Crippen LogP) is 4.19. The monoisotopic (exact) mass is 407 g/mol. The first-order valence-electron chi connectivity index (χ1n) is 9.30. The zero-order valence-electron chi connectivity index (χ0n) is 16.6. The van der Waals surface area contributed by atoms with Crippen molar-refractivity contribution in [2.45, 2.75) is 19.9 Å². The van der Waals surface area contributed by atoms with E-state index in [1.807, 2.05) is 37.3 Å².